The topological polar surface area (TPSA) is 55.1 Å². The van der Waals surface area contributed by atoms with Crippen LogP contribution in [0.1, 0.15) is 5.56 Å². The number of rotatable bonds is 5. The Balaban J connectivity index is 2.57. The number of nitrogens with one attached hydrogen (secondary N) is 1. The number of anilines is 1. The maximum atomic E-state index is 11.3. The predicted octanol–water partition coefficient (Wildman–Crippen LogP) is 1.82. The van der Waals surface area contributed by atoms with Crippen LogP contribution in [-0.2, 0) is 11.2 Å². The average molecular weight is 254 g/mol. The van der Waals surface area contributed by atoms with E-state index in [-0.39, 0.29) is 5.91 Å². The van der Waals surface area contributed by atoms with Gasteiger partial charge in [0, 0.05) is 12.1 Å². The van der Waals surface area contributed by atoms with Crippen molar-refractivity contribution in [3.8, 4) is 0 Å². The molecule has 0 heterocycles. The van der Waals surface area contributed by atoms with Gasteiger partial charge in [0.15, 0.2) is 0 Å². The van der Waals surface area contributed by atoms with E-state index >= 15 is 0 Å². The molecule has 1 rings (SSSR count). The maximum Gasteiger partial charge on any atom is 0.234 e. The predicted molar refractivity (Wildman–Crippen MR) is 73.9 cm³/mol. The molecular formula is C11H14N2OS2. The van der Waals surface area contributed by atoms with Gasteiger partial charge in [0.2, 0.25) is 5.91 Å². The number of carbonyl (C=O) groups is 1. The van der Waals surface area contributed by atoms with E-state index in [4.69, 9.17) is 18.0 Å². The number of nitrogens with two attached hydrogens (primary N) is 1. The smallest absolute Gasteiger partial charge is 0.234 e. The number of hydrogen-bond acceptors (Lipinski definition) is 3. The van der Waals surface area contributed by atoms with Crippen LogP contribution in [0.4, 0.5) is 5.69 Å². The molecule has 0 fully saturated rings. The summed E-state index contributed by atoms with van der Waals surface area (Å²) in [7, 11) is 0. The van der Waals surface area contributed by atoms with Gasteiger partial charge in [-0.3, -0.25) is 4.79 Å². The van der Waals surface area contributed by atoms with Crippen LogP contribution in [0.3, 0.4) is 0 Å². The lowest BCUT2D eigenvalue weighted by atomic mass is 10.1. The summed E-state index contributed by atoms with van der Waals surface area (Å²) in [5, 5.41) is 2.80. The molecule has 86 valence electrons. The van der Waals surface area contributed by atoms with Crippen molar-refractivity contribution in [1.82, 2.24) is 0 Å². The third kappa shape index (κ3) is 4.63. The van der Waals surface area contributed by atoms with Crippen LogP contribution in [0, 0.1) is 0 Å². The molecular weight excluding hydrogens is 240 g/mol. The fourth-order valence-electron chi connectivity index (χ4n) is 1.24. The summed E-state index contributed by atoms with van der Waals surface area (Å²) >= 11 is 6.31. The molecule has 1 aromatic rings. The zero-order valence-corrected chi connectivity index (χ0v) is 10.7. The first-order valence-electron chi connectivity index (χ1n) is 4.78. The SMILES string of the molecule is CSCC(=O)Nc1ccc(CC(N)=S)cc1. The summed E-state index contributed by atoms with van der Waals surface area (Å²) in [5.41, 5.74) is 7.29. The summed E-state index contributed by atoms with van der Waals surface area (Å²) in [5.74, 6) is 0.476. The molecule has 0 radical (unpaired) electrons. The molecule has 0 aliphatic rings. The molecule has 3 N–H and O–H groups in total. The summed E-state index contributed by atoms with van der Waals surface area (Å²) < 4.78 is 0. The van der Waals surface area contributed by atoms with Gasteiger partial charge in [-0.1, -0.05) is 24.4 Å². The first kappa shape index (κ1) is 13.0. The van der Waals surface area contributed by atoms with Crippen molar-refractivity contribution in [3.63, 3.8) is 0 Å². The van der Waals surface area contributed by atoms with Crippen molar-refractivity contribution in [1.29, 1.82) is 0 Å². The summed E-state index contributed by atoms with van der Waals surface area (Å²) in [6.45, 7) is 0. The van der Waals surface area contributed by atoms with E-state index in [0.29, 0.717) is 17.2 Å². The monoisotopic (exact) mass is 254 g/mol. The van der Waals surface area contributed by atoms with Crippen molar-refractivity contribution in [3.05, 3.63) is 29.8 Å². The fraction of sp³-hybridized carbons (Fsp3) is 0.273. The van der Waals surface area contributed by atoms with Gasteiger partial charge in [-0.15, -0.1) is 0 Å². The quantitative estimate of drug-likeness (QED) is 0.787. The van der Waals surface area contributed by atoms with Crippen LogP contribution in [-0.4, -0.2) is 22.9 Å². The molecule has 5 heteroatoms. The van der Waals surface area contributed by atoms with Crippen LogP contribution in [0.25, 0.3) is 0 Å². The highest BCUT2D eigenvalue weighted by atomic mass is 32.2. The Bertz CT molecular complexity index is 376. The molecule has 0 bridgehead atoms. The van der Waals surface area contributed by atoms with Gasteiger partial charge in [-0.05, 0) is 24.0 Å². The molecule has 1 amide bonds. The highest BCUT2D eigenvalue weighted by Crippen LogP contribution is 2.10. The number of thioether (sulfide) groups is 1. The third-order valence-electron chi connectivity index (χ3n) is 1.89. The second kappa shape index (κ2) is 6.50. The zero-order chi connectivity index (χ0) is 12.0. The largest absolute Gasteiger partial charge is 0.393 e. The maximum absolute atomic E-state index is 11.3. The molecule has 0 spiro atoms. The molecule has 1 aromatic carbocycles. The Kier molecular flexibility index (Phi) is 5.28. The normalized spacial score (nSPS) is 9.81. The Morgan fingerprint density at radius 3 is 2.56 bits per heavy atom. The lowest BCUT2D eigenvalue weighted by molar-refractivity contribution is -0.113. The van der Waals surface area contributed by atoms with Crippen molar-refractivity contribution in [2.75, 3.05) is 17.3 Å². The highest BCUT2D eigenvalue weighted by molar-refractivity contribution is 7.99. The Morgan fingerprint density at radius 1 is 1.44 bits per heavy atom. The number of hydrogen-bond donors (Lipinski definition) is 2. The second-order valence-electron chi connectivity index (χ2n) is 3.32. The Hall–Kier alpha value is -1.07. The lowest BCUT2D eigenvalue weighted by Crippen LogP contribution is -2.14. The molecule has 3 nitrogen and oxygen atoms in total. The second-order valence-corrected chi connectivity index (χ2v) is 4.71. The molecule has 0 saturated heterocycles. The minimum Gasteiger partial charge on any atom is -0.393 e. The van der Waals surface area contributed by atoms with Crippen molar-refractivity contribution in [2.24, 2.45) is 5.73 Å². The standard InChI is InChI=1S/C11H14N2OS2/c1-16-7-11(14)13-9-4-2-8(3-5-9)6-10(12)15/h2-5H,6-7H2,1H3,(H2,12,15)(H,13,14). The molecule has 16 heavy (non-hydrogen) atoms. The minimum absolute atomic E-state index is 0.00888. The van der Waals surface area contributed by atoms with Gasteiger partial charge >= 0.3 is 0 Å². The average Bonchev–Trinajstić information content (AvgIpc) is 2.20. The van der Waals surface area contributed by atoms with Gasteiger partial charge in [-0.2, -0.15) is 11.8 Å². The number of amides is 1. The molecule has 0 aliphatic heterocycles. The van der Waals surface area contributed by atoms with Crippen molar-refractivity contribution in [2.45, 2.75) is 6.42 Å². The van der Waals surface area contributed by atoms with Crippen LogP contribution in [0.2, 0.25) is 0 Å². The molecule has 0 atom stereocenters. The van der Waals surface area contributed by atoms with E-state index in [1.54, 1.807) is 0 Å². The van der Waals surface area contributed by atoms with Gasteiger partial charge in [0.05, 0.1) is 10.7 Å². The first-order valence-corrected chi connectivity index (χ1v) is 6.58. The number of benzene rings is 1. The van der Waals surface area contributed by atoms with Gasteiger partial charge in [-0.25, -0.2) is 0 Å². The summed E-state index contributed by atoms with van der Waals surface area (Å²) in [6.07, 6.45) is 2.49. The zero-order valence-electron chi connectivity index (χ0n) is 9.03. The van der Waals surface area contributed by atoms with Gasteiger partial charge < -0.3 is 11.1 Å². The molecule has 0 unspecified atom stereocenters. The van der Waals surface area contributed by atoms with Crippen molar-refractivity contribution < 1.29 is 4.79 Å². The van der Waals surface area contributed by atoms with Gasteiger partial charge in [0.1, 0.15) is 0 Å². The fourth-order valence-corrected chi connectivity index (χ4v) is 1.74. The van der Waals surface area contributed by atoms with E-state index in [1.807, 2.05) is 30.5 Å². The summed E-state index contributed by atoms with van der Waals surface area (Å²) in [4.78, 5) is 11.8. The van der Waals surface area contributed by atoms with E-state index in [1.165, 1.54) is 11.8 Å². The number of carbonyl (C=O) groups excluding carboxylic acids is 1. The van der Waals surface area contributed by atoms with E-state index in [0.717, 1.165) is 11.3 Å². The number of thiocarbonyl (C=S) groups is 1. The lowest BCUT2D eigenvalue weighted by Gasteiger charge is -2.05. The van der Waals surface area contributed by atoms with Crippen LogP contribution in [0.15, 0.2) is 24.3 Å². The van der Waals surface area contributed by atoms with Crippen LogP contribution in [0.5, 0.6) is 0 Å². The highest BCUT2D eigenvalue weighted by Gasteiger charge is 2.01. The summed E-state index contributed by atoms with van der Waals surface area (Å²) in [6, 6.07) is 7.53. The Labute approximate surface area is 105 Å². The molecule has 0 saturated carbocycles. The third-order valence-corrected chi connectivity index (χ3v) is 2.59. The van der Waals surface area contributed by atoms with Crippen LogP contribution >= 0.6 is 24.0 Å². The minimum atomic E-state index is 0.00888. The van der Waals surface area contributed by atoms with E-state index in [2.05, 4.69) is 5.32 Å². The molecule has 0 aromatic heterocycles. The molecule has 0 aliphatic carbocycles. The van der Waals surface area contributed by atoms with Crippen molar-refractivity contribution >= 4 is 40.6 Å². The Morgan fingerprint density at radius 2 is 2.06 bits per heavy atom. The van der Waals surface area contributed by atoms with E-state index < -0.39 is 0 Å². The first-order chi connectivity index (χ1) is 7.61. The van der Waals surface area contributed by atoms with Gasteiger partial charge in [0.25, 0.3) is 0 Å². The van der Waals surface area contributed by atoms with E-state index in [9.17, 15) is 4.79 Å². The van der Waals surface area contributed by atoms with Crippen LogP contribution < -0.4 is 11.1 Å².